The first-order valence-electron chi connectivity index (χ1n) is 13.7. The number of allylic oxidation sites excluding steroid dienone is 3. The molecule has 0 heterocycles. The normalized spacial score (nSPS) is 52.0. The molecule has 4 nitrogen and oxygen atoms in total. The van der Waals surface area contributed by atoms with Crippen LogP contribution in [0.1, 0.15) is 99.8 Å². The second-order valence-corrected chi connectivity index (χ2v) is 14.2. The maximum Gasteiger partial charge on any atom is 0.314 e. The zero-order valence-corrected chi connectivity index (χ0v) is 22.4. The molecule has 34 heavy (non-hydrogen) atoms. The molecule has 0 unspecified atom stereocenters. The molecule has 5 rings (SSSR count). The fourth-order valence-electron chi connectivity index (χ4n) is 10.4. The summed E-state index contributed by atoms with van der Waals surface area (Å²) >= 11 is 0. The van der Waals surface area contributed by atoms with E-state index in [1.807, 2.05) is 0 Å². The minimum atomic E-state index is -0.723. The molecule has 3 saturated carbocycles. The standard InChI is InChI=1S/C30H46O4/c1-17-10-13-30(25(33)34)15-14-28(6)19(23(30)18(17)2)8-9-22-27(5)16-20(31)24(32)26(3,4)21(27)11-12-29(22,28)7/h8,17,20-22,24,31-32H,9-16H2,1-7H3,(H,33,34)/t17-,20-,21+,22-,24-,27+,28-,29-,30+/m1/s1. The van der Waals surface area contributed by atoms with Crippen LogP contribution in [-0.2, 0) is 4.79 Å². The van der Waals surface area contributed by atoms with Crippen LogP contribution in [0, 0.1) is 44.8 Å². The zero-order valence-electron chi connectivity index (χ0n) is 22.4. The molecule has 0 bridgehead atoms. The Morgan fingerprint density at radius 2 is 1.65 bits per heavy atom. The third-order valence-electron chi connectivity index (χ3n) is 12.7. The highest BCUT2D eigenvalue weighted by Crippen LogP contribution is 2.75. The van der Waals surface area contributed by atoms with Gasteiger partial charge in [0.2, 0.25) is 0 Å². The van der Waals surface area contributed by atoms with E-state index in [2.05, 4.69) is 54.5 Å². The lowest BCUT2D eigenvalue weighted by atomic mass is 9.34. The van der Waals surface area contributed by atoms with Gasteiger partial charge in [-0.3, -0.25) is 4.79 Å². The van der Waals surface area contributed by atoms with E-state index < -0.39 is 23.6 Å². The second-order valence-electron chi connectivity index (χ2n) is 14.2. The van der Waals surface area contributed by atoms with E-state index in [-0.39, 0.29) is 21.7 Å². The van der Waals surface area contributed by atoms with Crippen molar-refractivity contribution in [3.8, 4) is 0 Å². The molecule has 0 radical (unpaired) electrons. The van der Waals surface area contributed by atoms with E-state index in [4.69, 9.17) is 0 Å². The number of aliphatic hydroxyl groups excluding tert-OH is 2. The van der Waals surface area contributed by atoms with Gasteiger partial charge >= 0.3 is 5.97 Å². The van der Waals surface area contributed by atoms with Crippen LogP contribution in [0.15, 0.2) is 22.8 Å². The predicted molar refractivity (Wildman–Crippen MR) is 134 cm³/mol. The van der Waals surface area contributed by atoms with Crippen molar-refractivity contribution in [2.24, 2.45) is 44.8 Å². The Morgan fingerprint density at radius 3 is 2.29 bits per heavy atom. The molecule has 0 aromatic rings. The van der Waals surface area contributed by atoms with E-state index in [0.717, 1.165) is 44.9 Å². The third kappa shape index (κ3) is 2.71. The first kappa shape index (κ1) is 24.6. The van der Waals surface area contributed by atoms with Crippen LogP contribution in [0.5, 0.6) is 0 Å². The van der Waals surface area contributed by atoms with Crippen LogP contribution >= 0.6 is 0 Å². The highest BCUT2D eigenvalue weighted by atomic mass is 16.4. The molecule has 3 N–H and O–H groups in total. The molecule has 0 aromatic heterocycles. The van der Waals surface area contributed by atoms with Gasteiger partial charge in [-0.25, -0.2) is 0 Å². The molecular weight excluding hydrogens is 424 g/mol. The molecule has 3 fully saturated rings. The highest BCUT2D eigenvalue weighted by molar-refractivity contribution is 5.82. The Labute approximate surface area is 205 Å². The average Bonchev–Trinajstić information content (AvgIpc) is 2.75. The maximum absolute atomic E-state index is 12.8. The van der Waals surface area contributed by atoms with E-state index in [1.54, 1.807) is 0 Å². The molecule has 5 aliphatic rings. The summed E-state index contributed by atoms with van der Waals surface area (Å²) in [6.45, 7) is 16.0. The largest absolute Gasteiger partial charge is 0.481 e. The van der Waals surface area contributed by atoms with E-state index >= 15 is 0 Å². The lowest BCUT2D eigenvalue weighted by Crippen LogP contribution is -2.66. The molecular formula is C30H46O4. The molecule has 0 aliphatic heterocycles. The molecule has 190 valence electrons. The number of fused-ring (bicyclic) bond motifs is 7. The highest BCUT2D eigenvalue weighted by Gasteiger charge is 2.69. The number of carbonyl (C=O) groups is 1. The third-order valence-corrected chi connectivity index (χ3v) is 12.7. The van der Waals surface area contributed by atoms with E-state index in [1.165, 1.54) is 16.7 Å². The number of carboxylic acid groups (broad SMARTS) is 1. The van der Waals surface area contributed by atoms with Crippen molar-refractivity contribution in [3.05, 3.63) is 22.8 Å². The van der Waals surface area contributed by atoms with Crippen LogP contribution in [0.4, 0.5) is 0 Å². The first-order valence-corrected chi connectivity index (χ1v) is 13.7. The van der Waals surface area contributed by atoms with Gasteiger partial charge in [-0.2, -0.15) is 0 Å². The minimum absolute atomic E-state index is 0.0407. The fourth-order valence-corrected chi connectivity index (χ4v) is 10.4. The molecule has 4 heteroatoms. The van der Waals surface area contributed by atoms with Gasteiger partial charge in [0.15, 0.2) is 0 Å². The molecule has 0 saturated heterocycles. The summed E-state index contributed by atoms with van der Waals surface area (Å²) in [5.74, 6) is 0.576. The Bertz CT molecular complexity index is 976. The van der Waals surface area contributed by atoms with Crippen LogP contribution in [0.3, 0.4) is 0 Å². The Kier molecular flexibility index (Phi) is 5.21. The smallest absolute Gasteiger partial charge is 0.314 e. The van der Waals surface area contributed by atoms with Crippen molar-refractivity contribution >= 4 is 5.97 Å². The van der Waals surface area contributed by atoms with Gasteiger partial charge in [-0.1, -0.05) is 53.2 Å². The monoisotopic (exact) mass is 470 g/mol. The minimum Gasteiger partial charge on any atom is -0.481 e. The van der Waals surface area contributed by atoms with Crippen molar-refractivity contribution in [1.29, 1.82) is 0 Å². The SMILES string of the molecule is CC1=C2C3=CC[C@@H]4[C@@]5(C)C[C@@H](O)[C@@H](O)C(C)(C)[C@@H]5CC[C@@]4(C)[C@]3(C)CC[C@@]2(C(=O)O)CC[C@H]1C. The maximum atomic E-state index is 12.8. The average molecular weight is 471 g/mol. The molecule has 0 aromatic carbocycles. The first-order chi connectivity index (χ1) is 15.7. The molecule has 0 spiro atoms. The van der Waals surface area contributed by atoms with Crippen molar-refractivity contribution < 1.29 is 20.1 Å². The fraction of sp³-hybridized carbons (Fsp3) is 0.833. The van der Waals surface area contributed by atoms with Crippen molar-refractivity contribution in [2.45, 2.75) is 112 Å². The number of carboxylic acids is 1. The summed E-state index contributed by atoms with van der Waals surface area (Å²) in [6.07, 6.45) is 8.16. The number of aliphatic carboxylic acids is 1. The number of hydrogen-bond acceptors (Lipinski definition) is 3. The lowest BCUT2D eigenvalue weighted by Gasteiger charge is -2.70. The summed E-state index contributed by atoms with van der Waals surface area (Å²) in [7, 11) is 0. The van der Waals surface area contributed by atoms with Gasteiger partial charge in [0.1, 0.15) is 0 Å². The summed E-state index contributed by atoms with van der Waals surface area (Å²) in [5, 5.41) is 32.4. The molecule has 0 amide bonds. The topological polar surface area (TPSA) is 77.8 Å². The van der Waals surface area contributed by atoms with Gasteiger partial charge in [-0.05, 0) is 109 Å². The van der Waals surface area contributed by atoms with Gasteiger partial charge in [0.05, 0.1) is 17.6 Å². The van der Waals surface area contributed by atoms with Crippen LogP contribution in [0.2, 0.25) is 0 Å². The lowest BCUT2D eigenvalue weighted by molar-refractivity contribution is -0.227. The molecule has 9 atom stereocenters. The second kappa shape index (κ2) is 7.22. The van der Waals surface area contributed by atoms with Gasteiger partial charge in [0, 0.05) is 0 Å². The number of rotatable bonds is 1. The quantitative estimate of drug-likeness (QED) is 0.431. The number of aliphatic hydroxyl groups is 2. The Balaban J connectivity index is 1.66. The van der Waals surface area contributed by atoms with Gasteiger partial charge in [0.25, 0.3) is 0 Å². The summed E-state index contributed by atoms with van der Waals surface area (Å²) in [5.41, 5.74) is 2.68. The van der Waals surface area contributed by atoms with Crippen LogP contribution < -0.4 is 0 Å². The molecule has 5 aliphatic carbocycles. The summed E-state index contributed by atoms with van der Waals surface area (Å²) in [6, 6.07) is 0. The Morgan fingerprint density at radius 1 is 0.971 bits per heavy atom. The van der Waals surface area contributed by atoms with Gasteiger partial charge in [-0.15, -0.1) is 0 Å². The summed E-state index contributed by atoms with van der Waals surface area (Å²) in [4.78, 5) is 12.8. The van der Waals surface area contributed by atoms with Gasteiger partial charge < -0.3 is 15.3 Å². The number of hydrogen-bond donors (Lipinski definition) is 3. The van der Waals surface area contributed by atoms with Crippen LogP contribution in [-0.4, -0.2) is 33.5 Å². The van der Waals surface area contributed by atoms with E-state index in [0.29, 0.717) is 24.2 Å². The zero-order chi connectivity index (χ0) is 25.1. The Hall–Kier alpha value is -1.13. The predicted octanol–water partition coefficient (Wildman–Crippen LogP) is 6.12. The van der Waals surface area contributed by atoms with Crippen LogP contribution in [0.25, 0.3) is 0 Å². The summed E-state index contributed by atoms with van der Waals surface area (Å²) < 4.78 is 0. The van der Waals surface area contributed by atoms with Crippen molar-refractivity contribution in [3.63, 3.8) is 0 Å². The van der Waals surface area contributed by atoms with Crippen molar-refractivity contribution in [2.75, 3.05) is 0 Å². The van der Waals surface area contributed by atoms with E-state index in [9.17, 15) is 20.1 Å². The van der Waals surface area contributed by atoms with Crippen molar-refractivity contribution in [1.82, 2.24) is 0 Å².